The number of aldehydes is 1. The van der Waals surface area contributed by atoms with Crippen molar-refractivity contribution in [3.05, 3.63) is 47.5 Å². The Balaban J connectivity index is 1.77. The minimum atomic E-state index is -0.410. The molecule has 148 valence electrons. The summed E-state index contributed by atoms with van der Waals surface area (Å²) in [6.07, 6.45) is 3.66. The Morgan fingerprint density at radius 1 is 1.36 bits per heavy atom. The summed E-state index contributed by atoms with van der Waals surface area (Å²) in [7, 11) is 0. The number of ether oxygens (including phenoxy) is 2. The molecule has 1 saturated heterocycles. The van der Waals surface area contributed by atoms with Crippen LogP contribution in [0.25, 0.3) is 0 Å². The molecule has 9 nitrogen and oxygen atoms in total. The third-order valence-corrected chi connectivity index (χ3v) is 4.41. The number of nitrogens with zero attached hydrogens (tertiary/aromatic N) is 3. The van der Waals surface area contributed by atoms with Crippen LogP contribution in [-0.2, 0) is 11.2 Å². The number of aromatic hydroxyl groups is 1. The predicted molar refractivity (Wildman–Crippen MR) is 97.5 cm³/mol. The minimum Gasteiger partial charge on any atom is -0.507 e. The van der Waals surface area contributed by atoms with E-state index in [1.165, 1.54) is 18.5 Å². The monoisotopic (exact) mass is 387 g/mol. The van der Waals surface area contributed by atoms with E-state index in [4.69, 9.17) is 9.47 Å². The van der Waals surface area contributed by atoms with E-state index in [0.717, 1.165) is 0 Å². The number of phenols is 1. The van der Waals surface area contributed by atoms with E-state index in [2.05, 4.69) is 9.97 Å². The molecular weight excluding hydrogens is 366 g/mol. The average Bonchev–Trinajstić information content (AvgIpc) is 2.72. The van der Waals surface area contributed by atoms with Gasteiger partial charge in [0.15, 0.2) is 6.29 Å². The van der Waals surface area contributed by atoms with Crippen LogP contribution in [0.5, 0.6) is 11.5 Å². The van der Waals surface area contributed by atoms with Crippen LogP contribution in [0.3, 0.4) is 0 Å². The Morgan fingerprint density at radius 3 is 2.96 bits per heavy atom. The smallest absolute Gasteiger partial charge is 0.274 e. The lowest BCUT2D eigenvalue weighted by molar-refractivity contribution is -0.0154. The van der Waals surface area contributed by atoms with E-state index >= 15 is 0 Å². The molecule has 2 N–H and O–H groups in total. The molecule has 1 aromatic heterocycles. The Kier molecular flexibility index (Phi) is 6.51. The lowest BCUT2D eigenvalue weighted by Gasteiger charge is -2.35. The molecule has 1 aromatic carbocycles. The summed E-state index contributed by atoms with van der Waals surface area (Å²) in [6.45, 7) is 0.926. The number of carbonyl (C=O) groups excluding carboxylic acids is 2. The molecule has 0 aliphatic carbocycles. The predicted octanol–water partition coefficient (Wildman–Crippen LogP) is 0.449. The molecule has 1 atom stereocenters. The lowest BCUT2D eigenvalue weighted by atomic mass is 10.1. The van der Waals surface area contributed by atoms with Gasteiger partial charge < -0.3 is 24.6 Å². The molecule has 1 fully saturated rings. The molecular formula is C19H21N3O6. The van der Waals surface area contributed by atoms with Gasteiger partial charge in [0, 0.05) is 32.0 Å². The lowest BCUT2D eigenvalue weighted by Crippen LogP contribution is -2.51. The van der Waals surface area contributed by atoms with Crippen molar-refractivity contribution in [2.75, 3.05) is 33.0 Å². The summed E-state index contributed by atoms with van der Waals surface area (Å²) in [5.41, 5.74) is 0.669. The van der Waals surface area contributed by atoms with Crippen LogP contribution < -0.4 is 4.74 Å². The van der Waals surface area contributed by atoms with Gasteiger partial charge in [-0.25, -0.2) is 4.98 Å². The van der Waals surface area contributed by atoms with E-state index in [9.17, 15) is 19.8 Å². The fraction of sp³-hybridized carbons (Fsp3) is 0.368. The molecule has 9 heteroatoms. The molecule has 1 aliphatic heterocycles. The van der Waals surface area contributed by atoms with Gasteiger partial charge in [0.2, 0.25) is 0 Å². The topological polar surface area (TPSA) is 122 Å². The summed E-state index contributed by atoms with van der Waals surface area (Å²) < 4.78 is 11.2. The quantitative estimate of drug-likeness (QED) is 0.657. The molecule has 1 amide bonds. The fourth-order valence-electron chi connectivity index (χ4n) is 2.99. The number of phenolic OH excluding ortho intramolecular Hbond substituents is 1. The Morgan fingerprint density at radius 2 is 2.18 bits per heavy atom. The zero-order valence-electron chi connectivity index (χ0n) is 15.2. The highest BCUT2D eigenvalue weighted by atomic mass is 16.5. The fourth-order valence-corrected chi connectivity index (χ4v) is 2.99. The Bertz CT molecular complexity index is 844. The second-order valence-corrected chi connectivity index (χ2v) is 6.17. The zero-order chi connectivity index (χ0) is 19.9. The van der Waals surface area contributed by atoms with Crippen LogP contribution in [0.15, 0.2) is 30.6 Å². The van der Waals surface area contributed by atoms with Gasteiger partial charge in [-0.2, -0.15) is 0 Å². The van der Waals surface area contributed by atoms with Crippen LogP contribution in [0.4, 0.5) is 0 Å². The van der Waals surface area contributed by atoms with Crippen LogP contribution in [0.2, 0.25) is 0 Å². The van der Waals surface area contributed by atoms with E-state index in [1.807, 2.05) is 0 Å². The van der Waals surface area contributed by atoms with Gasteiger partial charge in [0.1, 0.15) is 23.8 Å². The van der Waals surface area contributed by atoms with Gasteiger partial charge in [-0.1, -0.05) is 6.07 Å². The van der Waals surface area contributed by atoms with E-state index < -0.39 is 6.04 Å². The normalized spacial score (nSPS) is 16.6. The molecule has 3 rings (SSSR count). The number of morpholine rings is 1. The van der Waals surface area contributed by atoms with Gasteiger partial charge in [0.05, 0.1) is 30.5 Å². The molecule has 0 spiro atoms. The van der Waals surface area contributed by atoms with Gasteiger partial charge >= 0.3 is 0 Å². The van der Waals surface area contributed by atoms with E-state index in [1.54, 1.807) is 17.0 Å². The highest BCUT2D eigenvalue weighted by molar-refractivity contribution is 5.93. The molecule has 1 aliphatic rings. The second-order valence-electron chi connectivity index (χ2n) is 6.17. The molecule has 28 heavy (non-hydrogen) atoms. The molecule has 0 radical (unpaired) electrons. The van der Waals surface area contributed by atoms with Crippen molar-refractivity contribution < 1.29 is 29.3 Å². The largest absolute Gasteiger partial charge is 0.507 e. The summed E-state index contributed by atoms with van der Waals surface area (Å²) in [6, 6.07) is 4.12. The summed E-state index contributed by atoms with van der Waals surface area (Å²) >= 11 is 0. The number of rotatable bonds is 7. The molecule has 2 aromatic rings. The Labute approximate surface area is 161 Å². The zero-order valence-corrected chi connectivity index (χ0v) is 15.2. The van der Waals surface area contributed by atoms with Crippen molar-refractivity contribution in [2.45, 2.75) is 12.5 Å². The van der Waals surface area contributed by atoms with Crippen molar-refractivity contribution >= 4 is 12.2 Å². The number of carbonyl (C=O) groups is 2. The first-order chi connectivity index (χ1) is 13.7. The SMILES string of the molecule is O=Cc1c(O)cccc1OCC1COCCN1C(=O)c1nccnc1CCO. The van der Waals surface area contributed by atoms with E-state index in [-0.39, 0.29) is 54.9 Å². The summed E-state index contributed by atoms with van der Waals surface area (Å²) in [5, 5.41) is 19.0. The molecule has 1 unspecified atom stereocenters. The minimum absolute atomic E-state index is 0.0521. The number of aliphatic hydroxyl groups excluding tert-OH is 1. The first-order valence-electron chi connectivity index (χ1n) is 8.85. The number of aliphatic hydroxyl groups is 1. The first-order valence-corrected chi connectivity index (χ1v) is 8.85. The number of hydrogen-bond donors (Lipinski definition) is 2. The van der Waals surface area contributed by atoms with Gasteiger partial charge in [-0.15, -0.1) is 0 Å². The van der Waals surface area contributed by atoms with Crippen LogP contribution in [0.1, 0.15) is 26.5 Å². The highest BCUT2D eigenvalue weighted by Crippen LogP contribution is 2.26. The average molecular weight is 387 g/mol. The van der Waals surface area contributed by atoms with Crippen molar-refractivity contribution in [3.8, 4) is 11.5 Å². The maximum Gasteiger partial charge on any atom is 0.274 e. The molecule has 0 bridgehead atoms. The second kappa shape index (κ2) is 9.25. The number of aromatic nitrogens is 2. The van der Waals surface area contributed by atoms with E-state index in [0.29, 0.717) is 25.1 Å². The van der Waals surface area contributed by atoms with Crippen LogP contribution >= 0.6 is 0 Å². The first kappa shape index (κ1) is 19.7. The summed E-state index contributed by atoms with van der Waals surface area (Å²) in [4.78, 5) is 34.1. The van der Waals surface area contributed by atoms with Crippen LogP contribution in [-0.4, -0.2) is 76.3 Å². The van der Waals surface area contributed by atoms with Gasteiger partial charge in [-0.05, 0) is 12.1 Å². The Hall–Kier alpha value is -3.04. The number of hydrogen-bond acceptors (Lipinski definition) is 8. The summed E-state index contributed by atoms with van der Waals surface area (Å²) in [5.74, 6) is -0.262. The van der Waals surface area contributed by atoms with Crippen molar-refractivity contribution in [3.63, 3.8) is 0 Å². The molecule has 2 heterocycles. The van der Waals surface area contributed by atoms with Gasteiger partial charge in [0.25, 0.3) is 5.91 Å². The van der Waals surface area contributed by atoms with Gasteiger partial charge in [-0.3, -0.25) is 14.6 Å². The number of amides is 1. The highest BCUT2D eigenvalue weighted by Gasteiger charge is 2.31. The third-order valence-electron chi connectivity index (χ3n) is 4.41. The third kappa shape index (κ3) is 4.26. The maximum absolute atomic E-state index is 13.0. The number of benzene rings is 1. The molecule has 0 saturated carbocycles. The van der Waals surface area contributed by atoms with Crippen molar-refractivity contribution in [1.82, 2.24) is 14.9 Å². The maximum atomic E-state index is 13.0. The standard InChI is InChI=1S/C19H21N3O6/c23-8-4-15-18(21-6-5-20-15)19(26)22-7-9-27-11-13(22)12-28-17-3-1-2-16(25)14(17)10-24/h1-3,5-6,10,13,23,25H,4,7-9,11-12H2. The van der Waals surface area contributed by atoms with Crippen molar-refractivity contribution in [1.29, 1.82) is 0 Å². The van der Waals surface area contributed by atoms with Crippen LogP contribution in [0, 0.1) is 0 Å². The van der Waals surface area contributed by atoms with Crippen molar-refractivity contribution in [2.24, 2.45) is 0 Å².